The number of carbonyl (C=O) groups excluding carboxylic acids is 1. The Kier molecular flexibility index (Phi) is 6.33. The summed E-state index contributed by atoms with van der Waals surface area (Å²) in [6.45, 7) is 12.5. The van der Waals surface area contributed by atoms with Gasteiger partial charge in [-0.2, -0.15) is 0 Å². The number of para-hydroxylation sites is 1. The molecule has 0 spiro atoms. The monoisotopic (exact) mass is 347 g/mol. The Morgan fingerprint density at radius 3 is 2.17 bits per heavy atom. The maximum atomic E-state index is 13.3. The molecule has 0 N–H and O–H groups in total. The van der Waals surface area contributed by atoms with E-state index in [-0.39, 0.29) is 18.1 Å². The van der Waals surface area contributed by atoms with E-state index in [9.17, 15) is 4.79 Å². The van der Waals surface area contributed by atoms with Gasteiger partial charge in [-0.15, -0.1) is 0 Å². The SMILES string of the molecule is CCc1cccc(CC)c1N1CSC(=NC(C)C)N(C(C)C)C1=O. The normalized spacial score (nSPS) is 17.5. The van der Waals surface area contributed by atoms with Gasteiger partial charge >= 0.3 is 6.03 Å². The van der Waals surface area contributed by atoms with Crippen LogP contribution in [0.3, 0.4) is 0 Å². The van der Waals surface area contributed by atoms with Crippen LogP contribution in [0.5, 0.6) is 0 Å². The number of aryl methyl sites for hydroxylation is 2. The largest absolute Gasteiger partial charge is 0.331 e. The Hall–Kier alpha value is -1.49. The van der Waals surface area contributed by atoms with Gasteiger partial charge in [0.25, 0.3) is 0 Å². The lowest BCUT2D eigenvalue weighted by Gasteiger charge is -2.39. The third kappa shape index (κ3) is 3.77. The van der Waals surface area contributed by atoms with Crippen LogP contribution in [0, 0.1) is 0 Å². The minimum atomic E-state index is 0.0405. The molecule has 2 rings (SSSR count). The Morgan fingerprint density at radius 1 is 1.12 bits per heavy atom. The van der Waals surface area contributed by atoms with Crippen LogP contribution in [0.25, 0.3) is 0 Å². The lowest BCUT2D eigenvalue weighted by atomic mass is 10.0. The third-order valence-electron chi connectivity index (χ3n) is 4.09. The molecule has 0 aromatic heterocycles. The summed E-state index contributed by atoms with van der Waals surface area (Å²) in [5, 5.41) is 0.841. The lowest BCUT2D eigenvalue weighted by molar-refractivity contribution is 0.220. The second-order valence-electron chi connectivity index (χ2n) is 6.59. The van der Waals surface area contributed by atoms with Crippen molar-refractivity contribution >= 4 is 28.6 Å². The predicted octanol–water partition coefficient (Wildman–Crippen LogP) is 4.92. The second-order valence-corrected chi connectivity index (χ2v) is 7.50. The summed E-state index contributed by atoms with van der Waals surface area (Å²) in [6, 6.07) is 6.66. The number of hydrogen-bond acceptors (Lipinski definition) is 3. The van der Waals surface area contributed by atoms with Crippen molar-refractivity contribution in [3.8, 4) is 0 Å². The van der Waals surface area contributed by atoms with Crippen LogP contribution < -0.4 is 4.90 Å². The van der Waals surface area contributed by atoms with Gasteiger partial charge in [-0.25, -0.2) is 4.79 Å². The number of nitrogens with zero attached hydrogens (tertiary/aromatic N) is 3. The second kappa shape index (κ2) is 8.06. The average molecular weight is 348 g/mol. The van der Waals surface area contributed by atoms with Gasteiger partial charge in [-0.05, 0) is 51.7 Å². The van der Waals surface area contributed by atoms with E-state index < -0.39 is 0 Å². The van der Waals surface area contributed by atoms with Crippen molar-refractivity contribution in [2.75, 3.05) is 10.8 Å². The predicted molar refractivity (Wildman–Crippen MR) is 105 cm³/mol. The minimum Gasteiger partial charge on any atom is -0.283 e. The highest BCUT2D eigenvalue weighted by Gasteiger charge is 2.35. The fourth-order valence-electron chi connectivity index (χ4n) is 2.94. The van der Waals surface area contributed by atoms with Gasteiger partial charge in [0.2, 0.25) is 0 Å². The molecule has 0 radical (unpaired) electrons. The Labute approximate surface area is 150 Å². The van der Waals surface area contributed by atoms with Crippen LogP contribution in [0.15, 0.2) is 23.2 Å². The van der Waals surface area contributed by atoms with E-state index in [1.807, 2.05) is 37.5 Å². The number of amidine groups is 1. The van der Waals surface area contributed by atoms with Crippen molar-refractivity contribution < 1.29 is 4.79 Å². The van der Waals surface area contributed by atoms with Crippen LogP contribution in [-0.2, 0) is 12.8 Å². The first-order valence-electron chi connectivity index (χ1n) is 8.82. The summed E-state index contributed by atoms with van der Waals surface area (Å²) >= 11 is 1.65. The molecular weight excluding hydrogens is 318 g/mol. The zero-order valence-electron chi connectivity index (χ0n) is 15.7. The van der Waals surface area contributed by atoms with E-state index in [1.54, 1.807) is 11.8 Å². The Morgan fingerprint density at radius 2 is 1.71 bits per heavy atom. The molecule has 0 atom stereocenters. The molecule has 0 unspecified atom stereocenters. The standard InChI is InChI=1S/C19H29N3OS/c1-7-15-10-9-11-16(8-2)17(15)21-12-24-18(20-13(3)4)22(14(5)6)19(21)23/h9-11,13-14H,7-8,12H2,1-6H3. The zero-order chi connectivity index (χ0) is 17.9. The fourth-order valence-corrected chi connectivity index (χ4v) is 4.14. The quantitative estimate of drug-likeness (QED) is 0.758. The molecule has 0 bridgehead atoms. The number of hydrogen-bond donors (Lipinski definition) is 0. The summed E-state index contributed by atoms with van der Waals surface area (Å²) in [5.74, 6) is 0.623. The molecule has 1 saturated heterocycles. The molecule has 1 aliphatic heterocycles. The fraction of sp³-hybridized carbons (Fsp3) is 0.579. The van der Waals surface area contributed by atoms with Crippen LogP contribution in [0.1, 0.15) is 52.7 Å². The number of benzene rings is 1. The van der Waals surface area contributed by atoms with E-state index >= 15 is 0 Å². The first kappa shape index (κ1) is 18.8. The summed E-state index contributed by atoms with van der Waals surface area (Å²) in [6.07, 6.45) is 1.85. The van der Waals surface area contributed by atoms with Crippen molar-refractivity contribution in [3.05, 3.63) is 29.3 Å². The van der Waals surface area contributed by atoms with Gasteiger partial charge in [0.05, 0.1) is 11.6 Å². The Balaban J connectivity index is 2.46. The molecule has 2 amide bonds. The summed E-state index contributed by atoms with van der Waals surface area (Å²) < 4.78 is 0. The number of rotatable bonds is 5. The molecule has 1 aromatic carbocycles. The van der Waals surface area contributed by atoms with Gasteiger partial charge in [0.1, 0.15) is 0 Å². The number of aliphatic imine (C=N–C) groups is 1. The van der Waals surface area contributed by atoms with Crippen LogP contribution in [-0.4, -0.2) is 34.1 Å². The number of thioether (sulfide) groups is 1. The minimum absolute atomic E-state index is 0.0405. The number of anilines is 1. The molecule has 1 heterocycles. The summed E-state index contributed by atoms with van der Waals surface area (Å²) in [7, 11) is 0. The number of carbonyl (C=O) groups is 1. The summed E-state index contributed by atoms with van der Waals surface area (Å²) in [4.78, 5) is 21.7. The van der Waals surface area contributed by atoms with Crippen molar-refractivity contribution in [2.24, 2.45) is 4.99 Å². The molecule has 0 aliphatic carbocycles. The topological polar surface area (TPSA) is 35.9 Å². The third-order valence-corrected chi connectivity index (χ3v) is 5.03. The van der Waals surface area contributed by atoms with Crippen LogP contribution >= 0.6 is 11.8 Å². The first-order chi connectivity index (χ1) is 11.4. The first-order valence-corrected chi connectivity index (χ1v) is 9.81. The van der Waals surface area contributed by atoms with E-state index in [2.05, 4.69) is 37.0 Å². The van der Waals surface area contributed by atoms with Crippen molar-refractivity contribution in [2.45, 2.75) is 66.5 Å². The average Bonchev–Trinajstić information content (AvgIpc) is 2.53. The molecule has 4 nitrogen and oxygen atoms in total. The number of amides is 2. The van der Waals surface area contributed by atoms with Gasteiger partial charge in [-0.1, -0.05) is 43.8 Å². The molecule has 0 saturated carbocycles. The lowest BCUT2D eigenvalue weighted by Crippen LogP contribution is -2.53. The van der Waals surface area contributed by atoms with Crippen molar-refractivity contribution in [1.82, 2.24) is 4.90 Å². The van der Waals surface area contributed by atoms with E-state index in [0.717, 1.165) is 23.7 Å². The molecule has 1 aromatic rings. The summed E-state index contributed by atoms with van der Waals surface area (Å²) in [5.41, 5.74) is 3.56. The Bertz CT molecular complexity index is 603. The van der Waals surface area contributed by atoms with Crippen LogP contribution in [0.2, 0.25) is 0 Å². The van der Waals surface area contributed by atoms with Gasteiger partial charge in [0.15, 0.2) is 5.17 Å². The maximum absolute atomic E-state index is 13.3. The number of urea groups is 1. The highest BCUT2D eigenvalue weighted by Crippen LogP contribution is 2.33. The maximum Gasteiger partial charge on any atom is 0.331 e. The smallest absolute Gasteiger partial charge is 0.283 e. The molecule has 132 valence electrons. The molecule has 24 heavy (non-hydrogen) atoms. The van der Waals surface area contributed by atoms with Crippen LogP contribution in [0.4, 0.5) is 10.5 Å². The molecule has 1 aliphatic rings. The molecular formula is C19H29N3OS. The van der Waals surface area contributed by atoms with Crippen molar-refractivity contribution in [3.63, 3.8) is 0 Å². The highest BCUT2D eigenvalue weighted by atomic mass is 32.2. The van der Waals surface area contributed by atoms with E-state index in [1.165, 1.54) is 11.1 Å². The zero-order valence-corrected chi connectivity index (χ0v) is 16.5. The molecule has 1 fully saturated rings. The molecule has 5 heteroatoms. The van der Waals surface area contributed by atoms with Crippen molar-refractivity contribution in [1.29, 1.82) is 0 Å². The van der Waals surface area contributed by atoms with E-state index in [4.69, 9.17) is 0 Å². The van der Waals surface area contributed by atoms with E-state index in [0.29, 0.717) is 5.88 Å². The highest BCUT2D eigenvalue weighted by molar-refractivity contribution is 8.14. The van der Waals surface area contributed by atoms with Gasteiger partial charge in [-0.3, -0.25) is 14.8 Å². The van der Waals surface area contributed by atoms with Gasteiger partial charge < -0.3 is 0 Å². The van der Waals surface area contributed by atoms with Gasteiger partial charge in [0, 0.05) is 12.1 Å².